The van der Waals surface area contributed by atoms with Crippen LogP contribution in [0.5, 0.6) is 0 Å². The average Bonchev–Trinajstić information content (AvgIpc) is 2.45. The summed E-state index contributed by atoms with van der Waals surface area (Å²) in [5, 5.41) is 2.82. The van der Waals surface area contributed by atoms with Crippen LogP contribution in [0.15, 0.2) is 59.3 Å². The lowest BCUT2D eigenvalue weighted by Crippen LogP contribution is -2.20. The number of halogens is 1. The zero-order chi connectivity index (χ0) is 13.5. The number of aromatic nitrogens is 1. The number of pyridine rings is 1. The molecule has 0 aliphatic heterocycles. The van der Waals surface area contributed by atoms with Gasteiger partial charge in [0.2, 0.25) is 5.91 Å². The molecule has 1 aromatic carbocycles. The molecule has 0 spiro atoms. The molecular weight excluding hydrogens is 304 g/mol. The minimum Gasteiger partial charge on any atom is -0.348 e. The van der Waals surface area contributed by atoms with Crippen LogP contribution in [0, 0.1) is 0 Å². The van der Waals surface area contributed by atoms with Crippen molar-refractivity contribution in [3.8, 4) is 0 Å². The fourth-order valence-corrected chi connectivity index (χ4v) is 1.76. The van der Waals surface area contributed by atoms with Crippen LogP contribution in [-0.4, -0.2) is 10.9 Å². The lowest BCUT2D eigenvalue weighted by atomic mass is 10.2. The van der Waals surface area contributed by atoms with Gasteiger partial charge in [0.25, 0.3) is 0 Å². The number of nitrogens with one attached hydrogen (secondary N) is 1. The van der Waals surface area contributed by atoms with Crippen molar-refractivity contribution in [1.29, 1.82) is 0 Å². The van der Waals surface area contributed by atoms with E-state index in [4.69, 9.17) is 0 Å². The zero-order valence-corrected chi connectivity index (χ0v) is 11.8. The highest BCUT2D eigenvalue weighted by atomic mass is 79.9. The van der Waals surface area contributed by atoms with Crippen molar-refractivity contribution in [1.82, 2.24) is 10.3 Å². The first-order chi connectivity index (χ1) is 9.24. The average molecular weight is 317 g/mol. The first kappa shape index (κ1) is 13.5. The van der Waals surface area contributed by atoms with Crippen molar-refractivity contribution in [2.75, 3.05) is 0 Å². The van der Waals surface area contributed by atoms with Crippen LogP contribution in [0.4, 0.5) is 0 Å². The Labute approximate surface area is 120 Å². The Kier molecular flexibility index (Phi) is 4.86. The maximum atomic E-state index is 11.6. The molecule has 2 rings (SSSR count). The van der Waals surface area contributed by atoms with E-state index in [0.717, 1.165) is 15.6 Å². The third kappa shape index (κ3) is 4.67. The number of hydrogen-bond acceptors (Lipinski definition) is 2. The van der Waals surface area contributed by atoms with E-state index >= 15 is 0 Å². The summed E-state index contributed by atoms with van der Waals surface area (Å²) in [6, 6.07) is 11.5. The highest BCUT2D eigenvalue weighted by molar-refractivity contribution is 9.10. The van der Waals surface area contributed by atoms with Crippen molar-refractivity contribution >= 4 is 27.9 Å². The molecule has 0 atom stereocenters. The van der Waals surface area contributed by atoms with Crippen LogP contribution >= 0.6 is 15.9 Å². The number of benzene rings is 1. The maximum absolute atomic E-state index is 11.6. The van der Waals surface area contributed by atoms with Crippen LogP contribution in [0.25, 0.3) is 6.08 Å². The second-order valence-electron chi connectivity index (χ2n) is 3.96. The molecule has 0 radical (unpaired) electrons. The van der Waals surface area contributed by atoms with Gasteiger partial charge in [-0.25, -0.2) is 0 Å². The summed E-state index contributed by atoms with van der Waals surface area (Å²) in [7, 11) is 0. The monoisotopic (exact) mass is 316 g/mol. The van der Waals surface area contributed by atoms with Crippen LogP contribution in [0.3, 0.4) is 0 Å². The molecule has 1 aromatic heterocycles. The van der Waals surface area contributed by atoms with Crippen molar-refractivity contribution < 1.29 is 4.79 Å². The fraction of sp³-hybridized carbons (Fsp3) is 0.0667. The predicted molar refractivity (Wildman–Crippen MR) is 79.3 cm³/mol. The van der Waals surface area contributed by atoms with Crippen molar-refractivity contribution in [2.45, 2.75) is 6.54 Å². The second kappa shape index (κ2) is 6.85. The van der Waals surface area contributed by atoms with Gasteiger partial charge in [-0.05, 0) is 41.5 Å². The topological polar surface area (TPSA) is 42.0 Å². The zero-order valence-electron chi connectivity index (χ0n) is 10.2. The molecule has 0 aliphatic carbocycles. The van der Waals surface area contributed by atoms with Crippen LogP contribution in [-0.2, 0) is 11.3 Å². The Balaban J connectivity index is 1.86. The summed E-state index contributed by atoms with van der Waals surface area (Å²) in [6.07, 6.45) is 6.73. The standard InChI is InChI=1S/C15H13BrN2O/c16-14-4-1-12(2-5-14)3-6-15(19)18-11-13-7-9-17-10-8-13/h1-10H,11H2,(H,18,19)/b6-3+. The third-order valence-corrected chi connectivity index (χ3v) is 3.04. The molecule has 0 bridgehead atoms. The molecule has 1 amide bonds. The van der Waals surface area contributed by atoms with E-state index in [9.17, 15) is 4.79 Å². The maximum Gasteiger partial charge on any atom is 0.244 e. The Morgan fingerprint density at radius 1 is 1.16 bits per heavy atom. The third-order valence-electron chi connectivity index (χ3n) is 2.51. The van der Waals surface area contributed by atoms with E-state index in [1.165, 1.54) is 6.08 Å². The van der Waals surface area contributed by atoms with Crippen molar-refractivity contribution in [3.63, 3.8) is 0 Å². The number of carbonyl (C=O) groups excluding carboxylic acids is 1. The normalized spacial score (nSPS) is 10.6. The van der Waals surface area contributed by atoms with E-state index in [-0.39, 0.29) is 5.91 Å². The lowest BCUT2D eigenvalue weighted by molar-refractivity contribution is -0.116. The largest absolute Gasteiger partial charge is 0.348 e. The second-order valence-corrected chi connectivity index (χ2v) is 4.87. The number of nitrogens with zero attached hydrogens (tertiary/aromatic N) is 1. The van der Waals surface area contributed by atoms with E-state index in [2.05, 4.69) is 26.2 Å². The Hall–Kier alpha value is -1.94. The van der Waals surface area contributed by atoms with Gasteiger partial charge in [-0.15, -0.1) is 0 Å². The Morgan fingerprint density at radius 3 is 2.53 bits per heavy atom. The smallest absolute Gasteiger partial charge is 0.244 e. The highest BCUT2D eigenvalue weighted by Gasteiger charge is 1.96. The van der Waals surface area contributed by atoms with E-state index in [0.29, 0.717) is 6.54 Å². The molecule has 19 heavy (non-hydrogen) atoms. The van der Waals surface area contributed by atoms with E-state index < -0.39 is 0 Å². The van der Waals surface area contributed by atoms with Gasteiger partial charge in [-0.1, -0.05) is 28.1 Å². The molecule has 0 saturated heterocycles. The summed E-state index contributed by atoms with van der Waals surface area (Å²) in [4.78, 5) is 15.6. The summed E-state index contributed by atoms with van der Waals surface area (Å²) in [6.45, 7) is 0.506. The Bertz CT molecular complexity index is 564. The quantitative estimate of drug-likeness (QED) is 0.880. The van der Waals surface area contributed by atoms with Gasteiger partial charge < -0.3 is 5.32 Å². The van der Waals surface area contributed by atoms with Gasteiger partial charge in [0, 0.05) is 29.5 Å². The SMILES string of the molecule is O=C(/C=C/c1ccc(Br)cc1)NCc1ccncc1. The van der Waals surface area contributed by atoms with Gasteiger partial charge in [0.15, 0.2) is 0 Å². The molecule has 96 valence electrons. The first-order valence-electron chi connectivity index (χ1n) is 5.84. The van der Waals surface area contributed by atoms with Gasteiger partial charge in [0.1, 0.15) is 0 Å². The first-order valence-corrected chi connectivity index (χ1v) is 6.64. The Morgan fingerprint density at radius 2 is 1.84 bits per heavy atom. The number of carbonyl (C=O) groups is 1. The molecule has 0 saturated carbocycles. The fourth-order valence-electron chi connectivity index (χ4n) is 1.49. The van der Waals surface area contributed by atoms with Crippen LogP contribution < -0.4 is 5.32 Å². The molecule has 0 unspecified atom stereocenters. The van der Waals surface area contributed by atoms with Gasteiger partial charge >= 0.3 is 0 Å². The number of rotatable bonds is 4. The van der Waals surface area contributed by atoms with E-state index in [1.54, 1.807) is 18.5 Å². The summed E-state index contributed by atoms with van der Waals surface area (Å²) in [5.74, 6) is -0.111. The number of amides is 1. The minimum atomic E-state index is -0.111. The van der Waals surface area contributed by atoms with Crippen molar-refractivity contribution in [3.05, 3.63) is 70.5 Å². The predicted octanol–water partition coefficient (Wildman–Crippen LogP) is 3.17. The van der Waals surface area contributed by atoms with Crippen LogP contribution in [0.2, 0.25) is 0 Å². The molecule has 4 heteroatoms. The van der Waals surface area contributed by atoms with Gasteiger partial charge in [-0.3, -0.25) is 9.78 Å². The molecule has 0 aliphatic rings. The molecule has 1 heterocycles. The highest BCUT2D eigenvalue weighted by Crippen LogP contribution is 2.11. The van der Waals surface area contributed by atoms with Crippen LogP contribution in [0.1, 0.15) is 11.1 Å². The molecule has 1 N–H and O–H groups in total. The summed E-state index contributed by atoms with van der Waals surface area (Å²) in [5.41, 5.74) is 2.02. The molecule has 0 fully saturated rings. The summed E-state index contributed by atoms with van der Waals surface area (Å²) < 4.78 is 1.02. The molecular formula is C15H13BrN2O. The summed E-state index contributed by atoms with van der Waals surface area (Å²) >= 11 is 3.37. The van der Waals surface area contributed by atoms with Crippen molar-refractivity contribution in [2.24, 2.45) is 0 Å². The van der Waals surface area contributed by atoms with Gasteiger partial charge in [0.05, 0.1) is 0 Å². The van der Waals surface area contributed by atoms with Gasteiger partial charge in [-0.2, -0.15) is 0 Å². The molecule has 3 nitrogen and oxygen atoms in total. The minimum absolute atomic E-state index is 0.111. The molecule has 2 aromatic rings. The van der Waals surface area contributed by atoms with E-state index in [1.807, 2.05) is 36.4 Å². The lowest BCUT2D eigenvalue weighted by Gasteiger charge is -2.01. The number of hydrogen-bond donors (Lipinski definition) is 1.